The zero-order valence-corrected chi connectivity index (χ0v) is 11.1. The molecule has 3 amide bonds. The molecule has 1 fully saturated rings. The summed E-state index contributed by atoms with van der Waals surface area (Å²) in [5, 5.41) is 2.28. The van der Waals surface area contributed by atoms with E-state index in [0.717, 1.165) is 5.56 Å². The third-order valence-corrected chi connectivity index (χ3v) is 3.07. The standard InChI is InChI=1S/C14H16N2O4/c1-2-20-16-14(19)10-5-3-9(4-6-10)7-11-8-12(17)15-13(11)18/h3-6,11H,2,7-8H2,1H3,(H,16,19)(H,15,17,18). The van der Waals surface area contributed by atoms with Crippen LogP contribution in [-0.2, 0) is 20.8 Å². The molecule has 1 aliphatic heterocycles. The molecule has 6 nitrogen and oxygen atoms in total. The third-order valence-electron chi connectivity index (χ3n) is 3.07. The number of amides is 3. The van der Waals surface area contributed by atoms with Crippen molar-refractivity contribution in [2.75, 3.05) is 6.61 Å². The van der Waals surface area contributed by atoms with E-state index in [1.54, 1.807) is 31.2 Å². The Balaban J connectivity index is 1.96. The molecule has 6 heteroatoms. The number of benzene rings is 1. The Bertz CT molecular complexity index is 524. The van der Waals surface area contributed by atoms with Crippen molar-refractivity contribution < 1.29 is 19.2 Å². The highest BCUT2D eigenvalue weighted by atomic mass is 16.6. The summed E-state index contributed by atoms with van der Waals surface area (Å²) in [7, 11) is 0. The number of hydrogen-bond donors (Lipinski definition) is 2. The topological polar surface area (TPSA) is 84.5 Å². The molecule has 1 heterocycles. The molecule has 1 aromatic carbocycles. The van der Waals surface area contributed by atoms with Crippen molar-refractivity contribution in [1.82, 2.24) is 10.8 Å². The summed E-state index contributed by atoms with van der Waals surface area (Å²) < 4.78 is 0. The molecule has 20 heavy (non-hydrogen) atoms. The van der Waals surface area contributed by atoms with E-state index >= 15 is 0 Å². The molecule has 0 aliphatic carbocycles. The van der Waals surface area contributed by atoms with E-state index in [9.17, 15) is 14.4 Å². The monoisotopic (exact) mass is 276 g/mol. The Labute approximate surface area is 116 Å². The zero-order valence-electron chi connectivity index (χ0n) is 11.1. The van der Waals surface area contributed by atoms with Crippen LogP contribution in [0.1, 0.15) is 29.3 Å². The molecule has 1 saturated heterocycles. The minimum atomic E-state index is -0.314. The normalized spacial score (nSPS) is 17.9. The van der Waals surface area contributed by atoms with Crippen LogP contribution >= 0.6 is 0 Å². The van der Waals surface area contributed by atoms with Crippen molar-refractivity contribution in [1.29, 1.82) is 0 Å². The Morgan fingerprint density at radius 1 is 1.35 bits per heavy atom. The van der Waals surface area contributed by atoms with Crippen molar-refractivity contribution >= 4 is 17.7 Å². The van der Waals surface area contributed by atoms with Gasteiger partial charge in [0.05, 0.1) is 12.5 Å². The molecule has 0 radical (unpaired) electrons. The number of hydrogen-bond acceptors (Lipinski definition) is 4. The smallest absolute Gasteiger partial charge is 0.274 e. The van der Waals surface area contributed by atoms with Gasteiger partial charge in [-0.1, -0.05) is 12.1 Å². The zero-order chi connectivity index (χ0) is 14.5. The van der Waals surface area contributed by atoms with Crippen molar-refractivity contribution in [2.24, 2.45) is 5.92 Å². The van der Waals surface area contributed by atoms with Crippen LogP contribution in [0.25, 0.3) is 0 Å². The second kappa shape index (κ2) is 6.29. The Hall–Kier alpha value is -2.21. The number of imide groups is 1. The molecule has 1 atom stereocenters. The minimum Gasteiger partial charge on any atom is -0.296 e. The number of rotatable bonds is 5. The van der Waals surface area contributed by atoms with Crippen LogP contribution in [0, 0.1) is 5.92 Å². The lowest BCUT2D eigenvalue weighted by atomic mass is 9.97. The summed E-state index contributed by atoms with van der Waals surface area (Å²) in [6.45, 7) is 2.17. The average Bonchev–Trinajstić information content (AvgIpc) is 2.75. The summed E-state index contributed by atoms with van der Waals surface area (Å²) in [4.78, 5) is 39.0. The maximum atomic E-state index is 11.6. The first-order chi connectivity index (χ1) is 9.60. The maximum Gasteiger partial charge on any atom is 0.274 e. The lowest BCUT2D eigenvalue weighted by molar-refractivity contribution is -0.125. The molecule has 106 valence electrons. The van der Waals surface area contributed by atoms with Crippen molar-refractivity contribution in [3.05, 3.63) is 35.4 Å². The lowest BCUT2D eigenvalue weighted by Crippen LogP contribution is -2.24. The van der Waals surface area contributed by atoms with Crippen LogP contribution in [0.3, 0.4) is 0 Å². The second-order valence-electron chi connectivity index (χ2n) is 4.58. The quantitative estimate of drug-likeness (QED) is 0.608. The number of hydroxylamine groups is 1. The van der Waals surface area contributed by atoms with Gasteiger partial charge in [0, 0.05) is 12.0 Å². The van der Waals surface area contributed by atoms with Gasteiger partial charge in [0.15, 0.2) is 0 Å². The van der Waals surface area contributed by atoms with Crippen molar-refractivity contribution in [2.45, 2.75) is 19.8 Å². The van der Waals surface area contributed by atoms with E-state index in [1.807, 2.05) is 0 Å². The van der Waals surface area contributed by atoms with Gasteiger partial charge in [-0.05, 0) is 31.0 Å². The molecular formula is C14H16N2O4. The fourth-order valence-electron chi connectivity index (χ4n) is 2.05. The van der Waals surface area contributed by atoms with E-state index in [2.05, 4.69) is 10.8 Å². The van der Waals surface area contributed by atoms with Gasteiger partial charge in [-0.15, -0.1) is 0 Å². The van der Waals surface area contributed by atoms with Crippen LogP contribution in [0.5, 0.6) is 0 Å². The van der Waals surface area contributed by atoms with Gasteiger partial charge in [0.25, 0.3) is 5.91 Å². The fourth-order valence-corrected chi connectivity index (χ4v) is 2.05. The van der Waals surface area contributed by atoms with Crippen molar-refractivity contribution in [3.63, 3.8) is 0 Å². The van der Waals surface area contributed by atoms with Crippen molar-refractivity contribution in [3.8, 4) is 0 Å². The Morgan fingerprint density at radius 3 is 2.60 bits per heavy atom. The molecule has 0 aromatic heterocycles. The van der Waals surface area contributed by atoms with Crippen LogP contribution < -0.4 is 10.8 Å². The van der Waals surface area contributed by atoms with Gasteiger partial charge in [0.2, 0.25) is 11.8 Å². The van der Waals surface area contributed by atoms with Crippen LogP contribution in [0.4, 0.5) is 0 Å². The van der Waals surface area contributed by atoms with Gasteiger partial charge in [0.1, 0.15) is 0 Å². The summed E-state index contributed by atoms with van der Waals surface area (Å²) in [5.41, 5.74) is 3.70. The van der Waals surface area contributed by atoms with Gasteiger partial charge >= 0.3 is 0 Å². The number of carbonyl (C=O) groups excluding carboxylic acids is 3. The molecule has 1 unspecified atom stereocenters. The van der Waals surface area contributed by atoms with Crippen LogP contribution in [0.2, 0.25) is 0 Å². The largest absolute Gasteiger partial charge is 0.296 e. The predicted molar refractivity (Wildman–Crippen MR) is 70.5 cm³/mol. The highest BCUT2D eigenvalue weighted by molar-refractivity contribution is 6.03. The van der Waals surface area contributed by atoms with Gasteiger partial charge in [-0.25, -0.2) is 5.48 Å². The molecule has 1 aromatic rings. The maximum absolute atomic E-state index is 11.6. The molecular weight excluding hydrogens is 260 g/mol. The van der Waals surface area contributed by atoms with E-state index in [-0.39, 0.29) is 30.1 Å². The van der Waals surface area contributed by atoms with Gasteiger partial charge in [-0.2, -0.15) is 0 Å². The highest BCUT2D eigenvalue weighted by Crippen LogP contribution is 2.17. The molecule has 0 saturated carbocycles. The minimum absolute atomic E-state index is 0.228. The molecule has 0 bridgehead atoms. The van der Waals surface area contributed by atoms with Gasteiger partial charge < -0.3 is 0 Å². The number of carbonyl (C=O) groups is 3. The summed E-state index contributed by atoms with van der Waals surface area (Å²) >= 11 is 0. The Morgan fingerprint density at radius 2 is 2.05 bits per heavy atom. The molecule has 2 N–H and O–H groups in total. The highest BCUT2D eigenvalue weighted by Gasteiger charge is 2.30. The first kappa shape index (κ1) is 14.2. The second-order valence-corrected chi connectivity index (χ2v) is 4.58. The van der Waals surface area contributed by atoms with Crippen LogP contribution in [0.15, 0.2) is 24.3 Å². The molecule has 1 aliphatic rings. The number of nitrogens with one attached hydrogen (secondary N) is 2. The molecule has 0 spiro atoms. The van der Waals surface area contributed by atoms with Gasteiger partial charge in [-0.3, -0.25) is 24.5 Å². The van der Waals surface area contributed by atoms with Crippen LogP contribution in [-0.4, -0.2) is 24.3 Å². The summed E-state index contributed by atoms with van der Waals surface area (Å²) in [6, 6.07) is 6.88. The first-order valence-electron chi connectivity index (χ1n) is 6.45. The van der Waals surface area contributed by atoms with E-state index in [1.165, 1.54) is 0 Å². The van der Waals surface area contributed by atoms with E-state index < -0.39 is 0 Å². The first-order valence-corrected chi connectivity index (χ1v) is 6.45. The van der Waals surface area contributed by atoms with E-state index in [0.29, 0.717) is 18.6 Å². The summed E-state index contributed by atoms with van der Waals surface area (Å²) in [5.74, 6) is -1.08. The summed E-state index contributed by atoms with van der Waals surface area (Å²) in [6.07, 6.45) is 0.719. The predicted octanol–water partition coefficient (Wildman–Crippen LogP) is 0.573. The third kappa shape index (κ3) is 3.42. The SMILES string of the molecule is CCONC(=O)c1ccc(CC2CC(=O)NC2=O)cc1. The van der Waals surface area contributed by atoms with E-state index in [4.69, 9.17) is 4.84 Å². The lowest BCUT2D eigenvalue weighted by Gasteiger charge is -2.07. The fraction of sp³-hybridized carbons (Fsp3) is 0.357. The Kier molecular flexibility index (Phi) is 4.47. The molecule has 2 rings (SSSR count). The average molecular weight is 276 g/mol.